The fraction of sp³-hybridized carbons (Fsp3) is 0. The van der Waals surface area contributed by atoms with Gasteiger partial charge in [-0.25, -0.2) is 0 Å². The second kappa shape index (κ2) is 4.35. The third-order valence-corrected chi connectivity index (χ3v) is 3.14. The number of benzene rings is 2. The normalized spacial score (nSPS) is 10.5. The van der Waals surface area contributed by atoms with Crippen LogP contribution < -0.4 is 17.2 Å². The second-order valence-corrected chi connectivity index (χ2v) is 4.51. The Morgan fingerprint density at radius 2 is 1.35 bits per heavy atom. The maximum atomic E-state index is 5.98. The van der Waals surface area contributed by atoms with E-state index in [9.17, 15) is 0 Å². The summed E-state index contributed by atoms with van der Waals surface area (Å²) in [7, 11) is 0. The summed E-state index contributed by atoms with van der Waals surface area (Å²) in [6.45, 7) is 0. The van der Waals surface area contributed by atoms with E-state index in [1.54, 1.807) is 24.3 Å². The van der Waals surface area contributed by atoms with Crippen molar-refractivity contribution in [1.82, 2.24) is 0 Å². The molecule has 0 spiro atoms. The first-order chi connectivity index (χ1) is 7.99. The van der Waals surface area contributed by atoms with Crippen molar-refractivity contribution in [2.45, 2.75) is 0 Å². The van der Waals surface area contributed by atoms with Crippen molar-refractivity contribution in [2.24, 2.45) is 0 Å². The fourth-order valence-corrected chi connectivity index (χ4v) is 1.92. The molecule has 0 aliphatic rings. The molecule has 0 aliphatic heterocycles. The molecule has 0 aliphatic carbocycles. The van der Waals surface area contributed by atoms with Gasteiger partial charge < -0.3 is 17.2 Å². The van der Waals surface area contributed by atoms with Crippen LogP contribution in [0.25, 0.3) is 11.1 Å². The van der Waals surface area contributed by atoms with Crippen molar-refractivity contribution in [2.75, 3.05) is 17.2 Å². The first-order valence-electron chi connectivity index (χ1n) is 4.89. The molecule has 5 heteroatoms. The van der Waals surface area contributed by atoms with E-state index in [4.69, 9.17) is 40.4 Å². The highest BCUT2D eigenvalue weighted by atomic mass is 35.5. The number of anilines is 3. The molecule has 6 N–H and O–H groups in total. The van der Waals surface area contributed by atoms with E-state index in [0.717, 1.165) is 11.1 Å². The minimum atomic E-state index is 0.386. The van der Waals surface area contributed by atoms with Gasteiger partial charge in [0.15, 0.2) is 0 Å². The molecule has 0 heterocycles. The maximum absolute atomic E-state index is 5.98. The van der Waals surface area contributed by atoms with Crippen LogP contribution in [-0.4, -0.2) is 0 Å². The zero-order chi connectivity index (χ0) is 12.6. The van der Waals surface area contributed by atoms with Gasteiger partial charge in [0.25, 0.3) is 0 Å². The van der Waals surface area contributed by atoms with Gasteiger partial charge in [0.05, 0.1) is 27.1 Å². The zero-order valence-electron chi connectivity index (χ0n) is 8.87. The Balaban J connectivity index is 2.57. The highest BCUT2D eigenvalue weighted by Gasteiger charge is 2.07. The number of hydrogen-bond donors (Lipinski definition) is 3. The molecule has 2 aromatic rings. The van der Waals surface area contributed by atoms with Crippen LogP contribution in [0.2, 0.25) is 10.0 Å². The van der Waals surface area contributed by atoms with Crippen molar-refractivity contribution >= 4 is 40.3 Å². The highest BCUT2D eigenvalue weighted by Crippen LogP contribution is 2.34. The Kier molecular flexibility index (Phi) is 3.05. The van der Waals surface area contributed by atoms with E-state index in [-0.39, 0.29) is 0 Å². The molecular weight excluding hydrogens is 257 g/mol. The monoisotopic (exact) mass is 267 g/mol. The van der Waals surface area contributed by atoms with Crippen molar-refractivity contribution in [3.8, 4) is 11.1 Å². The fourth-order valence-electron chi connectivity index (χ4n) is 1.51. The van der Waals surface area contributed by atoms with Gasteiger partial charge in [0.1, 0.15) is 0 Å². The predicted molar refractivity (Wildman–Crippen MR) is 75.1 cm³/mol. The van der Waals surface area contributed by atoms with Gasteiger partial charge in [-0.05, 0) is 35.4 Å². The van der Waals surface area contributed by atoms with Crippen molar-refractivity contribution in [3.05, 3.63) is 40.4 Å². The van der Waals surface area contributed by atoms with Gasteiger partial charge in [-0.2, -0.15) is 0 Å². The molecule has 2 rings (SSSR count). The summed E-state index contributed by atoms with van der Waals surface area (Å²) in [5.41, 5.74) is 20.2. The van der Waals surface area contributed by atoms with E-state index < -0.39 is 0 Å². The number of nitrogen functional groups attached to an aromatic ring is 3. The summed E-state index contributed by atoms with van der Waals surface area (Å²) in [6, 6.07) is 8.84. The third-order valence-electron chi connectivity index (χ3n) is 2.50. The predicted octanol–water partition coefficient (Wildman–Crippen LogP) is 3.41. The van der Waals surface area contributed by atoms with Crippen LogP contribution >= 0.6 is 23.2 Å². The average Bonchev–Trinajstić information content (AvgIpc) is 2.29. The quantitative estimate of drug-likeness (QED) is 0.693. The lowest BCUT2D eigenvalue weighted by atomic mass is 10.0. The first kappa shape index (κ1) is 11.9. The average molecular weight is 268 g/mol. The maximum Gasteiger partial charge on any atom is 0.0737 e. The van der Waals surface area contributed by atoms with Gasteiger partial charge in [-0.1, -0.05) is 29.3 Å². The molecule has 0 saturated heterocycles. The molecule has 17 heavy (non-hydrogen) atoms. The highest BCUT2D eigenvalue weighted by molar-refractivity contribution is 6.34. The topological polar surface area (TPSA) is 78.1 Å². The smallest absolute Gasteiger partial charge is 0.0737 e. The molecule has 0 radical (unpaired) electrons. The van der Waals surface area contributed by atoms with Gasteiger partial charge in [0.2, 0.25) is 0 Å². The summed E-state index contributed by atoms with van der Waals surface area (Å²) < 4.78 is 0. The van der Waals surface area contributed by atoms with Crippen LogP contribution in [0, 0.1) is 0 Å². The molecule has 3 nitrogen and oxygen atoms in total. The van der Waals surface area contributed by atoms with E-state index in [0.29, 0.717) is 27.1 Å². The van der Waals surface area contributed by atoms with Crippen molar-refractivity contribution < 1.29 is 0 Å². The summed E-state index contributed by atoms with van der Waals surface area (Å²) in [5.74, 6) is 0. The molecule has 0 fully saturated rings. The van der Waals surface area contributed by atoms with Gasteiger partial charge in [-0.15, -0.1) is 0 Å². The van der Waals surface area contributed by atoms with Crippen molar-refractivity contribution in [1.29, 1.82) is 0 Å². The van der Waals surface area contributed by atoms with Crippen LogP contribution in [0.4, 0.5) is 17.1 Å². The Morgan fingerprint density at radius 1 is 0.706 bits per heavy atom. The third kappa shape index (κ3) is 2.25. The van der Waals surface area contributed by atoms with Crippen LogP contribution in [0.1, 0.15) is 0 Å². The van der Waals surface area contributed by atoms with Crippen LogP contribution in [0.5, 0.6) is 0 Å². The molecular formula is C12H11Cl2N3. The summed E-state index contributed by atoms with van der Waals surface area (Å²) in [4.78, 5) is 0. The molecule has 0 bridgehead atoms. The Morgan fingerprint density at radius 3 is 1.94 bits per heavy atom. The van der Waals surface area contributed by atoms with E-state index in [1.807, 2.05) is 6.07 Å². The lowest BCUT2D eigenvalue weighted by molar-refractivity contribution is 1.60. The lowest BCUT2D eigenvalue weighted by Crippen LogP contribution is -1.96. The Bertz CT molecular complexity index is 559. The van der Waals surface area contributed by atoms with E-state index in [1.165, 1.54) is 0 Å². The molecule has 0 atom stereocenters. The standard InChI is InChI=1S/C12H11Cl2N3/c13-8-3-6(1-2-10(8)15)7-4-9(14)12(17)11(16)5-7/h1-5H,15-17H2. The summed E-state index contributed by atoms with van der Waals surface area (Å²) >= 11 is 11.9. The SMILES string of the molecule is Nc1ccc(-c2cc(N)c(N)c(Cl)c2)cc1Cl. The largest absolute Gasteiger partial charge is 0.398 e. The van der Waals surface area contributed by atoms with E-state index in [2.05, 4.69) is 0 Å². The zero-order valence-corrected chi connectivity index (χ0v) is 10.4. The Labute approximate surface area is 109 Å². The lowest BCUT2D eigenvalue weighted by Gasteiger charge is -2.08. The van der Waals surface area contributed by atoms with Gasteiger partial charge in [0, 0.05) is 0 Å². The second-order valence-electron chi connectivity index (χ2n) is 3.70. The van der Waals surface area contributed by atoms with Crippen LogP contribution in [0.3, 0.4) is 0 Å². The van der Waals surface area contributed by atoms with Crippen LogP contribution in [-0.2, 0) is 0 Å². The first-order valence-corrected chi connectivity index (χ1v) is 5.64. The van der Waals surface area contributed by atoms with E-state index >= 15 is 0 Å². The molecule has 0 amide bonds. The van der Waals surface area contributed by atoms with Gasteiger partial charge >= 0.3 is 0 Å². The molecule has 2 aromatic carbocycles. The number of rotatable bonds is 1. The van der Waals surface area contributed by atoms with Gasteiger partial charge in [-0.3, -0.25) is 0 Å². The molecule has 88 valence electrons. The number of nitrogens with two attached hydrogens (primary N) is 3. The number of hydrogen-bond acceptors (Lipinski definition) is 3. The summed E-state index contributed by atoms with van der Waals surface area (Å²) in [6.07, 6.45) is 0. The minimum Gasteiger partial charge on any atom is -0.398 e. The number of halogens is 2. The Hall–Kier alpha value is -1.58. The molecule has 0 saturated carbocycles. The molecule has 0 aromatic heterocycles. The minimum absolute atomic E-state index is 0.386. The van der Waals surface area contributed by atoms with Crippen LogP contribution in [0.15, 0.2) is 30.3 Å². The van der Waals surface area contributed by atoms with Crippen molar-refractivity contribution in [3.63, 3.8) is 0 Å². The summed E-state index contributed by atoms with van der Waals surface area (Å²) in [5, 5.41) is 0.918. The molecule has 0 unspecified atom stereocenters.